The fraction of sp³-hybridized carbons (Fsp3) is 0.692. The SMILES string of the molecule is C.C.C=CC=CCOCC(C)OCC(C)O. The third-order valence-electron chi connectivity index (χ3n) is 1.46. The minimum absolute atomic E-state index is 0. The van der Waals surface area contributed by atoms with Crippen LogP contribution in [0.1, 0.15) is 28.7 Å². The summed E-state index contributed by atoms with van der Waals surface area (Å²) >= 11 is 0. The minimum Gasteiger partial charge on any atom is -0.391 e. The molecular formula is C13H28O3. The van der Waals surface area contributed by atoms with Crippen molar-refractivity contribution >= 4 is 0 Å². The minimum atomic E-state index is -0.418. The molecular weight excluding hydrogens is 204 g/mol. The van der Waals surface area contributed by atoms with E-state index in [1.54, 1.807) is 13.0 Å². The van der Waals surface area contributed by atoms with E-state index in [0.29, 0.717) is 19.8 Å². The number of aliphatic hydroxyl groups excluding tert-OH is 1. The van der Waals surface area contributed by atoms with Crippen molar-refractivity contribution in [3.63, 3.8) is 0 Å². The highest BCUT2D eigenvalue weighted by Crippen LogP contribution is 1.94. The topological polar surface area (TPSA) is 38.7 Å². The zero-order chi connectivity index (χ0) is 10.8. The van der Waals surface area contributed by atoms with Gasteiger partial charge in [-0.05, 0) is 13.8 Å². The van der Waals surface area contributed by atoms with Gasteiger partial charge >= 0.3 is 0 Å². The molecule has 0 aliphatic carbocycles. The van der Waals surface area contributed by atoms with Gasteiger partial charge < -0.3 is 14.6 Å². The van der Waals surface area contributed by atoms with Crippen LogP contribution < -0.4 is 0 Å². The molecule has 2 unspecified atom stereocenters. The lowest BCUT2D eigenvalue weighted by Crippen LogP contribution is -2.21. The monoisotopic (exact) mass is 232 g/mol. The van der Waals surface area contributed by atoms with Gasteiger partial charge in [0.1, 0.15) is 0 Å². The van der Waals surface area contributed by atoms with Crippen molar-refractivity contribution in [1.82, 2.24) is 0 Å². The van der Waals surface area contributed by atoms with Crippen LogP contribution >= 0.6 is 0 Å². The van der Waals surface area contributed by atoms with E-state index in [0.717, 1.165) is 0 Å². The maximum Gasteiger partial charge on any atom is 0.0781 e. The number of ether oxygens (including phenoxy) is 2. The summed E-state index contributed by atoms with van der Waals surface area (Å²) in [5, 5.41) is 8.95. The van der Waals surface area contributed by atoms with Gasteiger partial charge in [0, 0.05) is 0 Å². The van der Waals surface area contributed by atoms with Gasteiger partial charge in [0.05, 0.1) is 32.0 Å². The summed E-state index contributed by atoms with van der Waals surface area (Å²) in [4.78, 5) is 0. The summed E-state index contributed by atoms with van der Waals surface area (Å²) in [5.41, 5.74) is 0. The van der Waals surface area contributed by atoms with E-state index in [-0.39, 0.29) is 21.0 Å². The molecule has 98 valence electrons. The Morgan fingerprint density at radius 2 is 1.88 bits per heavy atom. The van der Waals surface area contributed by atoms with Gasteiger partial charge in [0.15, 0.2) is 0 Å². The highest BCUT2D eigenvalue weighted by Gasteiger charge is 2.03. The third kappa shape index (κ3) is 15.8. The molecule has 0 saturated carbocycles. The number of rotatable bonds is 8. The first-order valence-electron chi connectivity index (χ1n) is 4.81. The summed E-state index contributed by atoms with van der Waals surface area (Å²) in [6, 6.07) is 0. The molecule has 0 heterocycles. The van der Waals surface area contributed by atoms with Crippen molar-refractivity contribution in [1.29, 1.82) is 0 Å². The van der Waals surface area contributed by atoms with E-state index in [1.165, 1.54) is 0 Å². The van der Waals surface area contributed by atoms with Crippen LogP contribution in [0.4, 0.5) is 0 Å². The summed E-state index contributed by atoms with van der Waals surface area (Å²) in [5.74, 6) is 0. The molecule has 16 heavy (non-hydrogen) atoms. The largest absolute Gasteiger partial charge is 0.391 e. The van der Waals surface area contributed by atoms with Gasteiger partial charge in [0.25, 0.3) is 0 Å². The number of allylic oxidation sites excluding steroid dienone is 2. The fourth-order valence-electron chi connectivity index (χ4n) is 0.805. The van der Waals surface area contributed by atoms with Gasteiger partial charge in [-0.1, -0.05) is 39.7 Å². The van der Waals surface area contributed by atoms with Crippen LogP contribution in [0, 0.1) is 0 Å². The second-order valence-corrected chi connectivity index (χ2v) is 3.19. The second kappa shape index (κ2) is 14.4. The summed E-state index contributed by atoms with van der Waals surface area (Å²) in [6.07, 6.45) is 5.02. The van der Waals surface area contributed by atoms with Crippen molar-refractivity contribution in [2.24, 2.45) is 0 Å². The molecule has 0 aliphatic rings. The van der Waals surface area contributed by atoms with E-state index in [4.69, 9.17) is 14.6 Å². The Morgan fingerprint density at radius 3 is 2.38 bits per heavy atom. The number of hydrogen-bond acceptors (Lipinski definition) is 3. The molecule has 0 rings (SSSR count). The normalized spacial score (nSPS) is 13.7. The molecule has 3 nitrogen and oxygen atoms in total. The van der Waals surface area contributed by atoms with Gasteiger partial charge in [-0.2, -0.15) is 0 Å². The number of aliphatic hydroxyl groups is 1. The lowest BCUT2D eigenvalue weighted by Gasteiger charge is -2.13. The fourth-order valence-corrected chi connectivity index (χ4v) is 0.805. The summed E-state index contributed by atoms with van der Waals surface area (Å²) in [7, 11) is 0. The molecule has 0 radical (unpaired) electrons. The van der Waals surface area contributed by atoms with E-state index in [1.807, 2.05) is 19.1 Å². The van der Waals surface area contributed by atoms with Crippen molar-refractivity contribution in [2.45, 2.75) is 40.9 Å². The highest BCUT2D eigenvalue weighted by atomic mass is 16.5. The Bertz CT molecular complexity index is 165. The molecule has 0 aromatic heterocycles. The molecule has 0 aromatic rings. The molecule has 0 spiro atoms. The first-order valence-corrected chi connectivity index (χ1v) is 4.81. The molecule has 0 aromatic carbocycles. The van der Waals surface area contributed by atoms with Crippen molar-refractivity contribution in [3.05, 3.63) is 24.8 Å². The standard InChI is InChI=1S/C11H20O3.2CH4/c1-4-5-6-7-13-9-11(3)14-8-10(2)12;;/h4-6,10-12H,1,7-9H2,2-3H3;2*1H4. The molecule has 0 bridgehead atoms. The van der Waals surface area contributed by atoms with Crippen LogP contribution in [0.3, 0.4) is 0 Å². The van der Waals surface area contributed by atoms with Crippen LogP contribution in [-0.2, 0) is 9.47 Å². The predicted molar refractivity (Wildman–Crippen MR) is 70.7 cm³/mol. The lowest BCUT2D eigenvalue weighted by molar-refractivity contribution is -0.0320. The van der Waals surface area contributed by atoms with Crippen LogP contribution in [0.15, 0.2) is 24.8 Å². The van der Waals surface area contributed by atoms with E-state index in [9.17, 15) is 0 Å². The van der Waals surface area contributed by atoms with Crippen LogP contribution in [0.5, 0.6) is 0 Å². The third-order valence-corrected chi connectivity index (χ3v) is 1.46. The number of hydrogen-bond donors (Lipinski definition) is 1. The maximum absolute atomic E-state index is 8.95. The molecule has 2 atom stereocenters. The van der Waals surface area contributed by atoms with Gasteiger partial charge in [-0.3, -0.25) is 0 Å². The quantitative estimate of drug-likeness (QED) is 0.516. The first kappa shape index (κ1) is 20.7. The van der Waals surface area contributed by atoms with Crippen LogP contribution in [0.25, 0.3) is 0 Å². The Labute approximate surface area is 101 Å². The maximum atomic E-state index is 8.95. The molecule has 1 N–H and O–H groups in total. The van der Waals surface area contributed by atoms with Gasteiger partial charge in [-0.25, -0.2) is 0 Å². The van der Waals surface area contributed by atoms with E-state index in [2.05, 4.69) is 6.58 Å². The molecule has 0 fully saturated rings. The van der Waals surface area contributed by atoms with E-state index >= 15 is 0 Å². The summed E-state index contributed by atoms with van der Waals surface area (Å²) in [6.45, 7) is 8.61. The Morgan fingerprint density at radius 1 is 1.25 bits per heavy atom. The average molecular weight is 232 g/mol. The van der Waals surface area contributed by atoms with E-state index < -0.39 is 6.10 Å². The Kier molecular flexibility index (Phi) is 18.6. The van der Waals surface area contributed by atoms with Gasteiger partial charge in [-0.15, -0.1) is 0 Å². The zero-order valence-electron chi connectivity index (χ0n) is 8.98. The van der Waals surface area contributed by atoms with Crippen molar-refractivity contribution in [2.75, 3.05) is 19.8 Å². The zero-order valence-corrected chi connectivity index (χ0v) is 8.98. The van der Waals surface area contributed by atoms with Crippen molar-refractivity contribution < 1.29 is 14.6 Å². The second-order valence-electron chi connectivity index (χ2n) is 3.19. The van der Waals surface area contributed by atoms with Crippen LogP contribution in [-0.4, -0.2) is 37.1 Å². The lowest BCUT2D eigenvalue weighted by atomic mass is 10.4. The highest BCUT2D eigenvalue weighted by molar-refractivity contribution is 4.96. The molecule has 3 heteroatoms. The predicted octanol–water partition coefficient (Wildman–Crippen LogP) is 2.80. The van der Waals surface area contributed by atoms with Gasteiger partial charge in [0.2, 0.25) is 0 Å². The molecule has 0 amide bonds. The van der Waals surface area contributed by atoms with Crippen LogP contribution in [0.2, 0.25) is 0 Å². The Balaban J connectivity index is -0.000000845. The van der Waals surface area contributed by atoms with Crippen molar-refractivity contribution in [3.8, 4) is 0 Å². The average Bonchev–Trinajstić information content (AvgIpc) is 2.14. The molecule has 0 saturated heterocycles. The first-order chi connectivity index (χ1) is 6.66. The summed E-state index contributed by atoms with van der Waals surface area (Å²) < 4.78 is 10.6. The Hall–Kier alpha value is -0.640. The smallest absolute Gasteiger partial charge is 0.0781 e. The molecule has 0 aliphatic heterocycles.